The van der Waals surface area contributed by atoms with E-state index in [2.05, 4.69) is 31.3 Å². The Morgan fingerprint density at radius 2 is 2.25 bits per heavy atom. The Balaban J connectivity index is 1.71. The molecule has 1 aromatic rings. The number of para-hydroxylation sites is 1. The van der Waals surface area contributed by atoms with Gasteiger partial charge in [0.1, 0.15) is 0 Å². The zero-order chi connectivity index (χ0) is 14.2. The zero-order valence-corrected chi connectivity index (χ0v) is 12.2. The molecule has 0 radical (unpaired) electrons. The lowest BCUT2D eigenvalue weighted by molar-refractivity contribution is -0.146. The van der Waals surface area contributed by atoms with Gasteiger partial charge < -0.3 is 15.0 Å². The molecule has 1 aromatic carbocycles. The summed E-state index contributed by atoms with van der Waals surface area (Å²) in [6, 6.07) is 8.28. The number of nitrogens with one attached hydrogen (secondary N) is 1. The van der Waals surface area contributed by atoms with E-state index >= 15 is 0 Å². The van der Waals surface area contributed by atoms with E-state index in [1.54, 1.807) is 0 Å². The lowest BCUT2D eigenvalue weighted by Gasteiger charge is -2.42. The Hall–Kier alpha value is -1.55. The molecule has 3 rings (SSSR count). The molecule has 1 amide bonds. The minimum atomic E-state index is -0.194. The predicted octanol–water partition coefficient (Wildman–Crippen LogP) is 2.22. The number of fused-ring (bicyclic) bond motifs is 1. The van der Waals surface area contributed by atoms with Crippen LogP contribution in [0.5, 0.6) is 0 Å². The summed E-state index contributed by atoms with van der Waals surface area (Å²) in [6.45, 7) is 6.98. The quantitative estimate of drug-likeness (QED) is 0.899. The molecule has 0 bridgehead atoms. The van der Waals surface area contributed by atoms with Crippen molar-refractivity contribution in [1.29, 1.82) is 0 Å². The molecule has 2 aliphatic heterocycles. The van der Waals surface area contributed by atoms with Crippen LogP contribution in [0.3, 0.4) is 0 Å². The maximum absolute atomic E-state index is 12.6. The topological polar surface area (TPSA) is 41.6 Å². The van der Waals surface area contributed by atoms with Crippen molar-refractivity contribution < 1.29 is 9.53 Å². The number of benzene rings is 1. The fourth-order valence-corrected chi connectivity index (χ4v) is 3.18. The van der Waals surface area contributed by atoms with Gasteiger partial charge in [0, 0.05) is 31.1 Å². The molecule has 1 fully saturated rings. The van der Waals surface area contributed by atoms with E-state index in [0.29, 0.717) is 26.2 Å². The van der Waals surface area contributed by atoms with Crippen LogP contribution in [0.1, 0.15) is 31.7 Å². The van der Waals surface area contributed by atoms with E-state index in [9.17, 15) is 4.79 Å². The number of hydrogen-bond donors (Lipinski definition) is 1. The molecule has 0 saturated carbocycles. The van der Waals surface area contributed by atoms with Crippen molar-refractivity contribution in [2.24, 2.45) is 0 Å². The van der Waals surface area contributed by atoms with Crippen molar-refractivity contribution in [2.45, 2.75) is 31.7 Å². The highest BCUT2D eigenvalue weighted by Crippen LogP contribution is 2.34. The molecule has 108 valence electrons. The minimum Gasteiger partial charge on any atom is -0.384 e. The summed E-state index contributed by atoms with van der Waals surface area (Å²) in [4.78, 5) is 14.6. The smallest absolute Gasteiger partial charge is 0.223 e. The van der Waals surface area contributed by atoms with Crippen LogP contribution in [0.15, 0.2) is 24.3 Å². The predicted molar refractivity (Wildman–Crippen MR) is 78.9 cm³/mol. The minimum absolute atomic E-state index is 0.194. The van der Waals surface area contributed by atoms with Gasteiger partial charge in [-0.05, 0) is 25.5 Å². The van der Waals surface area contributed by atoms with Crippen LogP contribution < -0.4 is 5.32 Å². The Kier molecular flexibility index (Phi) is 3.42. The third-order valence-electron chi connectivity index (χ3n) is 4.31. The van der Waals surface area contributed by atoms with Crippen molar-refractivity contribution in [3.05, 3.63) is 29.8 Å². The van der Waals surface area contributed by atoms with Gasteiger partial charge in [-0.3, -0.25) is 4.79 Å². The van der Waals surface area contributed by atoms with E-state index in [4.69, 9.17) is 4.74 Å². The third kappa shape index (κ3) is 2.40. The van der Waals surface area contributed by atoms with Crippen molar-refractivity contribution in [2.75, 3.05) is 31.6 Å². The number of hydrogen-bond acceptors (Lipinski definition) is 3. The van der Waals surface area contributed by atoms with Gasteiger partial charge in [0.2, 0.25) is 5.91 Å². The van der Waals surface area contributed by atoms with Crippen molar-refractivity contribution in [3.63, 3.8) is 0 Å². The SMILES string of the molecule is CC1(C)COCCN1C(=O)CC1CNc2ccccc21. The van der Waals surface area contributed by atoms with Crippen LogP contribution in [-0.4, -0.2) is 42.6 Å². The third-order valence-corrected chi connectivity index (χ3v) is 4.31. The van der Waals surface area contributed by atoms with Gasteiger partial charge in [-0.2, -0.15) is 0 Å². The summed E-state index contributed by atoms with van der Waals surface area (Å²) in [5.41, 5.74) is 2.25. The summed E-state index contributed by atoms with van der Waals surface area (Å²) >= 11 is 0. The number of morpholine rings is 1. The summed E-state index contributed by atoms with van der Waals surface area (Å²) in [7, 11) is 0. The second kappa shape index (κ2) is 5.09. The first-order valence-electron chi connectivity index (χ1n) is 7.29. The second-order valence-corrected chi connectivity index (χ2v) is 6.28. The molecule has 1 atom stereocenters. The van der Waals surface area contributed by atoms with Gasteiger partial charge in [0.25, 0.3) is 0 Å². The number of anilines is 1. The van der Waals surface area contributed by atoms with Crippen LogP contribution in [0.25, 0.3) is 0 Å². The summed E-state index contributed by atoms with van der Waals surface area (Å²) in [5.74, 6) is 0.527. The van der Waals surface area contributed by atoms with E-state index < -0.39 is 0 Å². The largest absolute Gasteiger partial charge is 0.384 e. The zero-order valence-electron chi connectivity index (χ0n) is 12.2. The highest BCUT2D eigenvalue weighted by atomic mass is 16.5. The van der Waals surface area contributed by atoms with Crippen LogP contribution in [-0.2, 0) is 9.53 Å². The lowest BCUT2D eigenvalue weighted by Crippen LogP contribution is -2.55. The van der Waals surface area contributed by atoms with E-state index in [0.717, 1.165) is 6.54 Å². The first-order valence-corrected chi connectivity index (χ1v) is 7.29. The normalized spacial score (nSPS) is 24.1. The molecule has 4 nitrogen and oxygen atoms in total. The molecule has 2 heterocycles. The van der Waals surface area contributed by atoms with Gasteiger partial charge in [0.15, 0.2) is 0 Å². The fraction of sp³-hybridized carbons (Fsp3) is 0.562. The maximum atomic E-state index is 12.6. The van der Waals surface area contributed by atoms with Gasteiger partial charge in [-0.15, -0.1) is 0 Å². The van der Waals surface area contributed by atoms with Crippen molar-refractivity contribution in [1.82, 2.24) is 4.90 Å². The van der Waals surface area contributed by atoms with Gasteiger partial charge in [-0.25, -0.2) is 0 Å². The molecule has 1 N–H and O–H groups in total. The average molecular weight is 274 g/mol. The standard InChI is InChI=1S/C16H22N2O2/c1-16(2)11-20-8-7-18(16)15(19)9-12-10-17-14-6-4-3-5-13(12)14/h3-6,12,17H,7-11H2,1-2H3. The highest BCUT2D eigenvalue weighted by Gasteiger charge is 2.35. The number of nitrogens with zero attached hydrogens (tertiary/aromatic N) is 1. The van der Waals surface area contributed by atoms with Gasteiger partial charge in [0.05, 0.1) is 18.8 Å². The van der Waals surface area contributed by atoms with E-state index in [1.807, 2.05) is 17.0 Å². The molecule has 1 unspecified atom stereocenters. The Morgan fingerprint density at radius 1 is 1.45 bits per heavy atom. The second-order valence-electron chi connectivity index (χ2n) is 6.28. The number of ether oxygens (including phenoxy) is 1. The van der Waals surface area contributed by atoms with Crippen LogP contribution in [0.2, 0.25) is 0 Å². The first kappa shape index (κ1) is 13.4. The van der Waals surface area contributed by atoms with Crippen molar-refractivity contribution in [3.8, 4) is 0 Å². The van der Waals surface area contributed by atoms with Gasteiger partial charge in [-0.1, -0.05) is 18.2 Å². The summed E-state index contributed by atoms with van der Waals surface area (Å²) in [6.07, 6.45) is 0.577. The van der Waals surface area contributed by atoms with Crippen LogP contribution >= 0.6 is 0 Å². The Morgan fingerprint density at radius 3 is 3.05 bits per heavy atom. The first-order chi connectivity index (χ1) is 9.58. The maximum Gasteiger partial charge on any atom is 0.223 e. The Bertz CT molecular complexity index is 513. The van der Waals surface area contributed by atoms with Crippen molar-refractivity contribution >= 4 is 11.6 Å². The highest BCUT2D eigenvalue weighted by molar-refractivity contribution is 5.79. The molecule has 1 saturated heterocycles. The molecule has 2 aliphatic rings. The molecule has 0 aromatic heterocycles. The summed E-state index contributed by atoms with van der Waals surface area (Å²) < 4.78 is 5.49. The molecule has 0 aliphatic carbocycles. The number of rotatable bonds is 2. The average Bonchev–Trinajstić information content (AvgIpc) is 2.81. The molecule has 0 spiro atoms. The van der Waals surface area contributed by atoms with Crippen LogP contribution in [0.4, 0.5) is 5.69 Å². The molecular formula is C16H22N2O2. The number of carbonyl (C=O) groups is 1. The molecular weight excluding hydrogens is 252 g/mol. The number of amides is 1. The number of carbonyl (C=O) groups excluding carboxylic acids is 1. The van der Waals surface area contributed by atoms with Crippen LogP contribution in [0, 0.1) is 0 Å². The van der Waals surface area contributed by atoms with E-state index in [1.165, 1.54) is 11.3 Å². The summed E-state index contributed by atoms with van der Waals surface area (Å²) in [5, 5.41) is 3.38. The Labute approximate surface area is 120 Å². The monoisotopic (exact) mass is 274 g/mol. The molecule has 20 heavy (non-hydrogen) atoms. The van der Waals surface area contributed by atoms with Gasteiger partial charge >= 0.3 is 0 Å². The molecule has 4 heteroatoms. The fourth-order valence-electron chi connectivity index (χ4n) is 3.18. The lowest BCUT2D eigenvalue weighted by atomic mass is 9.95. The van der Waals surface area contributed by atoms with E-state index in [-0.39, 0.29) is 17.4 Å².